The Hall–Kier alpha value is -2.08. The molecule has 0 saturated carbocycles. The van der Waals surface area contributed by atoms with Gasteiger partial charge in [0, 0.05) is 0 Å². The van der Waals surface area contributed by atoms with Crippen molar-refractivity contribution in [1.82, 2.24) is 0 Å². The van der Waals surface area contributed by atoms with Gasteiger partial charge in [-0.3, -0.25) is 0 Å². The highest BCUT2D eigenvalue weighted by Gasteiger charge is 2.09. The summed E-state index contributed by atoms with van der Waals surface area (Å²) in [6.45, 7) is 4.31. The first-order valence-corrected chi connectivity index (χ1v) is 6.83. The highest BCUT2D eigenvalue weighted by atomic mass is 14.1. The van der Waals surface area contributed by atoms with Crippen LogP contribution in [0.25, 0.3) is 21.5 Å². The van der Waals surface area contributed by atoms with Crippen LogP contribution in [0.1, 0.15) is 18.1 Å². The van der Waals surface area contributed by atoms with E-state index in [0.717, 1.165) is 6.42 Å². The van der Waals surface area contributed by atoms with Gasteiger partial charge in [-0.2, -0.15) is 0 Å². The molecule has 0 N–H and O–H groups in total. The van der Waals surface area contributed by atoms with Gasteiger partial charge in [0.2, 0.25) is 0 Å². The number of allylic oxidation sites excluding steroid dienone is 2. The van der Waals surface area contributed by atoms with E-state index in [-0.39, 0.29) is 0 Å². The standard InChI is InChI=1S/C19H18/c1-3-4-9-19-17-12-7-5-10-15(17)14(2)16-11-6-8-13-18(16)19/h3-8,10-13H,9H2,1-2H3/b4-3+. The average molecular weight is 246 g/mol. The van der Waals surface area contributed by atoms with E-state index in [1.807, 2.05) is 0 Å². The smallest absolute Gasteiger partial charge is 0.00852 e. The zero-order chi connectivity index (χ0) is 13.2. The van der Waals surface area contributed by atoms with Crippen LogP contribution in [-0.4, -0.2) is 0 Å². The molecule has 0 aliphatic rings. The normalized spacial score (nSPS) is 11.7. The molecule has 3 rings (SSSR count). The van der Waals surface area contributed by atoms with Crippen LogP contribution in [0, 0.1) is 6.92 Å². The second kappa shape index (κ2) is 4.89. The van der Waals surface area contributed by atoms with Gasteiger partial charge in [0.25, 0.3) is 0 Å². The van der Waals surface area contributed by atoms with Gasteiger partial charge in [0.15, 0.2) is 0 Å². The van der Waals surface area contributed by atoms with E-state index in [4.69, 9.17) is 0 Å². The van der Waals surface area contributed by atoms with Crippen molar-refractivity contribution in [1.29, 1.82) is 0 Å². The van der Waals surface area contributed by atoms with Gasteiger partial charge >= 0.3 is 0 Å². The molecule has 0 nitrogen and oxygen atoms in total. The Morgan fingerprint density at radius 3 is 1.74 bits per heavy atom. The predicted molar refractivity (Wildman–Crippen MR) is 84.7 cm³/mol. The average Bonchev–Trinajstić information content (AvgIpc) is 2.47. The highest BCUT2D eigenvalue weighted by Crippen LogP contribution is 2.32. The van der Waals surface area contributed by atoms with Gasteiger partial charge in [0.1, 0.15) is 0 Å². The topological polar surface area (TPSA) is 0 Å². The van der Waals surface area contributed by atoms with E-state index in [1.54, 1.807) is 0 Å². The lowest BCUT2D eigenvalue weighted by Gasteiger charge is -2.13. The first-order valence-electron chi connectivity index (χ1n) is 6.83. The molecular weight excluding hydrogens is 228 g/mol. The van der Waals surface area contributed by atoms with Crippen LogP contribution in [0.15, 0.2) is 60.7 Å². The Balaban J connectivity index is 2.48. The van der Waals surface area contributed by atoms with Crippen molar-refractivity contribution in [2.45, 2.75) is 20.3 Å². The summed E-state index contributed by atoms with van der Waals surface area (Å²) in [5, 5.41) is 5.52. The summed E-state index contributed by atoms with van der Waals surface area (Å²) in [5.74, 6) is 0. The zero-order valence-corrected chi connectivity index (χ0v) is 11.5. The number of hydrogen-bond acceptors (Lipinski definition) is 0. The zero-order valence-electron chi connectivity index (χ0n) is 11.5. The molecule has 0 bridgehead atoms. The summed E-state index contributed by atoms with van der Waals surface area (Å²) < 4.78 is 0. The predicted octanol–water partition coefficient (Wildman–Crippen LogP) is 5.42. The van der Waals surface area contributed by atoms with Crippen molar-refractivity contribution < 1.29 is 0 Å². The molecule has 3 aromatic rings. The van der Waals surface area contributed by atoms with Crippen molar-refractivity contribution in [3.63, 3.8) is 0 Å². The third-order valence-corrected chi connectivity index (χ3v) is 3.87. The Bertz CT molecular complexity index is 706. The van der Waals surface area contributed by atoms with E-state index in [2.05, 4.69) is 74.5 Å². The van der Waals surface area contributed by atoms with Gasteiger partial charge in [0.05, 0.1) is 0 Å². The molecule has 0 spiro atoms. The van der Waals surface area contributed by atoms with Gasteiger partial charge < -0.3 is 0 Å². The first kappa shape index (κ1) is 12.0. The minimum absolute atomic E-state index is 0.998. The number of hydrogen-bond donors (Lipinski definition) is 0. The van der Waals surface area contributed by atoms with Gasteiger partial charge in [-0.15, -0.1) is 0 Å². The quantitative estimate of drug-likeness (QED) is 0.418. The minimum atomic E-state index is 0.998. The lowest BCUT2D eigenvalue weighted by Crippen LogP contribution is -1.91. The van der Waals surface area contributed by atoms with Crippen LogP contribution >= 0.6 is 0 Å². The molecule has 0 aliphatic heterocycles. The highest BCUT2D eigenvalue weighted by molar-refractivity contribution is 6.05. The van der Waals surface area contributed by atoms with Crippen molar-refractivity contribution in [2.75, 3.05) is 0 Å². The van der Waals surface area contributed by atoms with Crippen molar-refractivity contribution >= 4 is 21.5 Å². The van der Waals surface area contributed by atoms with Crippen molar-refractivity contribution in [3.05, 3.63) is 71.8 Å². The van der Waals surface area contributed by atoms with E-state index < -0.39 is 0 Å². The van der Waals surface area contributed by atoms with Crippen LogP contribution in [0.3, 0.4) is 0 Å². The molecular formula is C19H18. The fourth-order valence-corrected chi connectivity index (χ4v) is 2.89. The number of benzene rings is 3. The summed E-state index contributed by atoms with van der Waals surface area (Å²) in [6, 6.07) is 17.5. The second-order valence-electron chi connectivity index (χ2n) is 4.97. The maximum atomic E-state index is 2.24. The Morgan fingerprint density at radius 2 is 1.26 bits per heavy atom. The van der Waals surface area contributed by atoms with Gasteiger partial charge in [-0.25, -0.2) is 0 Å². The number of fused-ring (bicyclic) bond motifs is 2. The summed E-state index contributed by atoms with van der Waals surface area (Å²) in [6.07, 6.45) is 5.37. The maximum absolute atomic E-state index is 2.24. The second-order valence-corrected chi connectivity index (χ2v) is 4.97. The lowest BCUT2D eigenvalue weighted by molar-refractivity contribution is 1.31. The first-order chi connectivity index (χ1) is 9.33. The number of rotatable bonds is 2. The monoisotopic (exact) mass is 246 g/mol. The molecule has 19 heavy (non-hydrogen) atoms. The fourth-order valence-electron chi connectivity index (χ4n) is 2.89. The van der Waals surface area contributed by atoms with E-state index in [1.165, 1.54) is 32.7 Å². The summed E-state index contributed by atoms with van der Waals surface area (Å²) in [4.78, 5) is 0. The largest absolute Gasteiger partial charge is 0.0913 e. The molecule has 0 aromatic heterocycles. The third kappa shape index (κ3) is 1.94. The molecule has 0 heteroatoms. The molecule has 3 aromatic carbocycles. The van der Waals surface area contributed by atoms with Gasteiger partial charge in [-0.1, -0.05) is 60.7 Å². The molecule has 0 aliphatic carbocycles. The van der Waals surface area contributed by atoms with Crippen LogP contribution in [0.4, 0.5) is 0 Å². The van der Waals surface area contributed by atoms with Crippen molar-refractivity contribution in [2.24, 2.45) is 0 Å². The molecule has 94 valence electrons. The molecule has 0 saturated heterocycles. The fraction of sp³-hybridized carbons (Fsp3) is 0.158. The number of aryl methyl sites for hydroxylation is 1. The van der Waals surface area contributed by atoms with Crippen LogP contribution in [-0.2, 0) is 6.42 Å². The summed E-state index contributed by atoms with van der Waals surface area (Å²) in [5.41, 5.74) is 2.82. The molecule has 0 unspecified atom stereocenters. The molecule has 0 radical (unpaired) electrons. The lowest BCUT2D eigenvalue weighted by atomic mass is 9.91. The van der Waals surface area contributed by atoms with E-state index >= 15 is 0 Å². The summed E-state index contributed by atoms with van der Waals surface area (Å²) in [7, 11) is 0. The Kier molecular flexibility index (Phi) is 3.08. The Morgan fingerprint density at radius 1 is 0.789 bits per heavy atom. The van der Waals surface area contributed by atoms with Crippen LogP contribution in [0.2, 0.25) is 0 Å². The third-order valence-electron chi connectivity index (χ3n) is 3.87. The van der Waals surface area contributed by atoms with E-state index in [0.29, 0.717) is 0 Å². The SMILES string of the molecule is C/C=C/Cc1c2ccccc2c(C)c2ccccc12. The minimum Gasteiger partial charge on any atom is -0.0913 e. The molecule has 0 heterocycles. The van der Waals surface area contributed by atoms with Crippen LogP contribution < -0.4 is 0 Å². The molecule has 0 amide bonds. The van der Waals surface area contributed by atoms with Crippen LogP contribution in [0.5, 0.6) is 0 Å². The molecule has 0 atom stereocenters. The maximum Gasteiger partial charge on any atom is -0.00852 e. The van der Waals surface area contributed by atoms with Gasteiger partial charge in [-0.05, 0) is 52.9 Å². The van der Waals surface area contributed by atoms with Crippen molar-refractivity contribution in [3.8, 4) is 0 Å². The summed E-state index contributed by atoms with van der Waals surface area (Å²) >= 11 is 0. The molecule has 0 fully saturated rings. The van der Waals surface area contributed by atoms with E-state index in [9.17, 15) is 0 Å². The Labute approximate surface area is 114 Å².